The van der Waals surface area contributed by atoms with Crippen molar-refractivity contribution in [1.82, 2.24) is 4.90 Å². The number of halogens is 2. The summed E-state index contributed by atoms with van der Waals surface area (Å²) < 4.78 is 0.857. The Bertz CT molecular complexity index is 496. The predicted molar refractivity (Wildman–Crippen MR) is 82.6 cm³/mol. The summed E-state index contributed by atoms with van der Waals surface area (Å²) in [6.07, 6.45) is 0. The molecule has 0 aliphatic carbocycles. The number of anilines is 1. The van der Waals surface area contributed by atoms with Crippen molar-refractivity contribution in [3.63, 3.8) is 0 Å². The first-order valence-corrected chi connectivity index (χ1v) is 6.97. The number of urea groups is 1. The van der Waals surface area contributed by atoms with Crippen LogP contribution in [0.15, 0.2) is 18.2 Å². The molecule has 0 spiro atoms. The van der Waals surface area contributed by atoms with Gasteiger partial charge in [-0.1, -0.05) is 18.5 Å². The SMILES string of the molecule is CC(CN(C)C(=O)Nc1cc(Cl)ccc1I)C(=O)O. The second kappa shape index (κ2) is 6.95. The van der Waals surface area contributed by atoms with E-state index >= 15 is 0 Å². The monoisotopic (exact) mass is 396 g/mol. The van der Waals surface area contributed by atoms with Crippen molar-refractivity contribution in [2.75, 3.05) is 18.9 Å². The average molecular weight is 397 g/mol. The minimum atomic E-state index is -0.933. The average Bonchev–Trinajstić information content (AvgIpc) is 2.33. The van der Waals surface area contributed by atoms with Crippen molar-refractivity contribution in [2.45, 2.75) is 6.92 Å². The molecule has 1 atom stereocenters. The van der Waals surface area contributed by atoms with Crippen LogP contribution >= 0.6 is 34.2 Å². The predicted octanol–water partition coefficient (Wildman–Crippen LogP) is 3.13. The van der Waals surface area contributed by atoms with Gasteiger partial charge in [0.1, 0.15) is 0 Å². The van der Waals surface area contributed by atoms with Gasteiger partial charge in [-0.15, -0.1) is 0 Å². The zero-order valence-corrected chi connectivity index (χ0v) is 13.4. The van der Waals surface area contributed by atoms with E-state index in [1.54, 1.807) is 32.2 Å². The van der Waals surface area contributed by atoms with E-state index in [-0.39, 0.29) is 12.6 Å². The Kier molecular flexibility index (Phi) is 5.86. The number of nitrogens with one attached hydrogen (secondary N) is 1. The molecule has 2 amide bonds. The van der Waals surface area contributed by atoms with E-state index in [2.05, 4.69) is 27.9 Å². The normalized spacial score (nSPS) is 11.8. The molecule has 1 unspecified atom stereocenters. The largest absolute Gasteiger partial charge is 0.481 e. The molecular weight excluding hydrogens is 383 g/mol. The van der Waals surface area contributed by atoms with Gasteiger partial charge in [-0.25, -0.2) is 4.79 Å². The molecule has 0 fully saturated rings. The van der Waals surface area contributed by atoms with E-state index in [4.69, 9.17) is 16.7 Å². The molecule has 0 aliphatic heterocycles. The Morgan fingerprint density at radius 2 is 2.16 bits per heavy atom. The maximum Gasteiger partial charge on any atom is 0.321 e. The molecule has 2 N–H and O–H groups in total. The third kappa shape index (κ3) is 4.87. The lowest BCUT2D eigenvalue weighted by molar-refractivity contribution is -0.141. The first-order chi connectivity index (χ1) is 8.81. The van der Waals surface area contributed by atoms with E-state index < -0.39 is 11.9 Å². The molecule has 1 rings (SSSR count). The van der Waals surface area contributed by atoms with Crippen LogP contribution in [-0.2, 0) is 4.79 Å². The molecule has 1 aromatic rings. The van der Waals surface area contributed by atoms with E-state index in [0.717, 1.165) is 3.57 Å². The van der Waals surface area contributed by atoms with Gasteiger partial charge in [0, 0.05) is 22.2 Å². The van der Waals surface area contributed by atoms with Crippen LogP contribution in [-0.4, -0.2) is 35.6 Å². The van der Waals surface area contributed by atoms with Gasteiger partial charge in [-0.3, -0.25) is 4.79 Å². The smallest absolute Gasteiger partial charge is 0.321 e. The van der Waals surface area contributed by atoms with Crippen molar-refractivity contribution in [2.24, 2.45) is 5.92 Å². The highest BCUT2D eigenvalue weighted by atomic mass is 127. The molecule has 5 nitrogen and oxygen atoms in total. The number of carboxylic acid groups (broad SMARTS) is 1. The molecule has 104 valence electrons. The summed E-state index contributed by atoms with van der Waals surface area (Å²) in [4.78, 5) is 24.0. The van der Waals surface area contributed by atoms with Gasteiger partial charge in [0.05, 0.1) is 11.6 Å². The molecule has 0 bridgehead atoms. The number of carbonyl (C=O) groups is 2. The first-order valence-electron chi connectivity index (χ1n) is 5.51. The molecule has 0 aromatic heterocycles. The lowest BCUT2D eigenvalue weighted by Crippen LogP contribution is -2.36. The number of carboxylic acids is 1. The number of amides is 2. The molecule has 1 aromatic carbocycles. The van der Waals surface area contributed by atoms with E-state index in [1.807, 2.05) is 0 Å². The number of rotatable bonds is 4. The van der Waals surface area contributed by atoms with Crippen LogP contribution in [0, 0.1) is 9.49 Å². The molecule has 0 radical (unpaired) electrons. The van der Waals surface area contributed by atoms with Crippen molar-refractivity contribution in [1.29, 1.82) is 0 Å². The highest BCUT2D eigenvalue weighted by molar-refractivity contribution is 14.1. The third-order valence-corrected chi connectivity index (χ3v) is 3.66. The van der Waals surface area contributed by atoms with Gasteiger partial charge in [-0.05, 0) is 40.8 Å². The summed E-state index contributed by atoms with van der Waals surface area (Å²) in [5.74, 6) is -1.55. The number of hydrogen-bond donors (Lipinski definition) is 2. The highest BCUT2D eigenvalue weighted by Crippen LogP contribution is 2.22. The zero-order valence-electron chi connectivity index (χ0n) is 10.5. The molecule has 0 saturated carbocycles. The van der Waals surface area contributed by atoms with Gasteiger partial charge in [0.25, 0.3) is 0 Å². The maximum atomic E-state index is 11.9. The van der Waals surface area contributed by atoms with Crippen LogP contribution in [0.4, 0.5) is 10.5 Å². The second-order valence-electron chi connectivity index (χ2n) is 4.17. The number of carbonyl (C=O) groups excluding carboxylic acids is 1. The minimum Gasteiger partial charge on any atom is -0.481 e. The molecule has 19 heavy (non-hydrogen) atoms. The number of aliphatic carboxylic acids is 1. The van der Waals surface area contributed by atoms with E-state index in [1.165, 1.54) is 4.90 Å². The van der Waals surface area contributed by atoms with Crippen molar-refractivity contribution in [3.05, 3.63) is 26.8 Å². The summed E-state index contributed by atoms with van der Waals surface area (Å²) in [5.41, 5.74) is 0.605. The first kappa shape index (κ1) is 16.0. The van der Waals surface area contributed by atoms with Crippen molar-refractivity contribution < 1.29 is 14.7 Å². The van der Waals surface area contributed by atoms with Crippen LogP contribution < -0.4 is 5.32 Å². The Hall–Kier alpha value is -1.02. The molecule has 7 heteroatoms. The van der Waals surface area contributed by atoms with Crippen LogP contribution in [0.2, 0.25) is 5.02 Å². The Labute approximate surface area is 130 Å². The van der Waals surface area contributed by atoms with Gasteiger partial charge >= 0.3 is 12.0 Å². The Morgan fingerprint density at radius 3 is 2.74 bits per heavy atom. The molecule has 0 aliphatic rings. The summed E-state index contributed by atoms with van der Waals surface area (Å²) in [6.45, 7) is 1.69. The van der Waals surface area contributed by atoms with E-state index in [0.29, 0.717) is 10.7 Å². The van der Waals surface area contributed by atoms with Gasteiger partial charge in [-0.2, -0.15) is 0 Å². The number of nitrogens with zero attached hydrogens (tertiary/aromatic N) is 1. The minimum absolute atomic E-state index is 0.137. The van der Waals surface area contributed by atoms with Gasteiger partial charge in [0.15, 0.2) is 0 Å². The quantitative estimate of drug-likeness (QED) is 0.768. The maximum absolute atomic E-state index is 11.9. The molecular formula is C12H14ClIN2O3. The summed E-state index contributed by atoms with van der Waals surface area (Å²) in [5, 5.41) is 12.0. The van der Waals surface area contributed by atoms with Crippen molar-refractivity contribution in [3.8, 4) is 0 Å². The van der Waals surface area contributed by atoms with Crippen molar-refractivity contribution >= 4 is 51.9 Å². The number of benzene rings is 1. The summed E-state index contributed by atoms with van der Waals surface area (Å²) >= 11 is 7.94. The number of hydrogen-bond acceptors (Lipinski definition) is 2. The fourth-order valence-corrected chi connectivity index (χ4v) is 2.02. The topological polar surface area (TPSA) is 69.6 Å². The lowest BCUT2D eigenvalue weighted by atomic mass is 10.2. The van der Waals surface area contributed by atoms with Gasteiger partial charge < -0.3 is 15.3 Å². The second-order valence-corrected chi connectivity index (χ2v) is 5.77. The van der Waals surface area contributed by atoms with Crippen LogP contribution in [0.25, 0.3) is 0 Å². The highest BCUT2D eigenvalue weighted by Gasteiger charge is 2.17. The molecule has 0 saturated heterocycles. The van der Waals surface area contributed by atoms with Crippen LogP contribution in [0.5, 0.6) is 0 Å². The fourth-order valence-electron chi connectivity index (χ4n) is 1.38. The zero-order chi connectivity index (χ0) is 14.6. The Balaban J connectivity index is 2.68. The standard InChI is InChI=1S/C12H14ClIN2O3/c1-7(11(17)18)6-16(2)12(19)15-10-5-8(13)3-4-9(10)14/h3-5,7H,6H2,1-2H3,(H,15,19)(H,17,18). The summed E-state index contributed by atoms with van der Waals surface area (Å²) in [6, 6.07) is 4.80. The third-order valence-electron chi connectivity index (χ3n) is 2.49. The lowest BCUT2D eigenvalue weighted by Gasteiger charge is -2.20. The van der Waals surface area contributed by atoms with E-state index in [9.17, 15) is 9.59 Å². The Morgan fingerprint density at radius 1 is 1.53 bits per heavy atom. The van der Waals surface area contributed by atoms with Gasteiger partial charge in [0.2, 0.25) is 0 Å². The fraction of sp³-hybridized carbons (Fsp3) is 0.333. The van der Waals surface area contributed by atoms with Crippen LogP contribution in [0.1, 0.15) is 6.92 Å². The summed E-state index contributed by atoms with van der Waals surface area (Å²) in [7, 11) is 1.55. The molecule has 0 heterocycles. The van der Waals surface area contributed by atoms with Crippen LogP contribution in [0.3, 0.4) is 0 Å².